The van der Waals surface area contributed by atoms with E-state index in [1.807, 2.05) is 24.3 Å². The molecule has 2 aliphatic heterocycles. The van der Waals surface area contributed by atoms with Gasteiger partial charge in [-0.2, -0.15) is 0 Å². The molecule has 146 valence electrons. The summed E-state index contributed by atoms with van der Waals surface area (Å²) in [7, 11) is 2.08. The van der Waals surface area contributed by atoms with Crippen LogP contribution in [-0.4, -0.2) is 72.3 Å². The molecule has 0 unspecified atom stereocenters. The van der Waals surface area contributed by atoms with Gasteiger partial charge >= 0.3 is 0 Å². The number of carbonyl (C=O) groups is 2. The summed E-state index contributed by atoms with van der Waals surface area (Å²) in [6, 6.07) is 7.64. The molecule has 2 amide bonds. The largest absolute Gasteiger partial charge is 0.493 e. The number of amides is 2. The van der Waals surface area contributed by atoms with Gasteiger partial charge in [0.15, 0.2) is 0 Å². The minimum absolute atomic E-state index is 0.199. The quantitative estimate of drug-likeness (QED) is 0.528. The molecule has 6 nitrogen and oxygen atoms in total. The normalized spacial score (nSPS) is 20.7. The average molecular weight is 390 g/mol. The molecule has 0 bridgehead atoms. The van der Waals surface area contributed by atoms with E-state index in [9.17, 15) is 9.59 Å². The maximum Gasteiger partial charge on any atom is 0.294 e. The standard InChI is InChI=1S/C20H27N3O3S/c1-3-4-13-26-17-8-6-5-7-16(17)14-18-19(24)23(20(25)27-18)15-22-11-9-21(2)10-12-22/h5-8,14H,3-4,9-13,15H2,1-2H3/b18-14+. The minimum atomic E-state index is -0.215. The van der Waals surface area contributed by atoms with Crippen molar-refractivity contribution in [3.8, 4) is 5.75 Å². The smallest absolute Gasteiger partial charge is 0.294 e. The molecule has 1 aromatic carbocycles. The molecule has 0 atom stereocenters. The predicted molar refractivity (Wildman–Crippen MR) is 109 cm³/mol. The van der Waals surface area contributed by atoms with Gasteiger partial charge in [-0.1, -0.05) is 31.5 Å². The van der Waals surface area contributed by atoms with Crippen molar-refractivity contribution in [3.05, 3.63) is 34.7 Å². The summed E-state index contributed by atoms with van der Waals surface area (Å²) in [5, 5.41) is -0.199. The van der Waals surface area contributed by atoms with E-state index in [1.165, 1.54) is 4.90 Å². The molecule has 0 radical (unpaired) electrons. The number of piperazine rings is 1. The second-order valence-corrected chi connectivity index (χ2v) is 7.91. The molecule has 0 aliphatic carbocycles. The van der Waals surface area contributed by atoms with E-state index < -0.39 is 0 Å². The highest BCUT2D eigenvalue weighted by Gasteiger charge is 2.36. The first kappa shape index (κ1) is 19.9. The predicted octanol–water partition coefficient (Wildman–Crippen LogP) is 3.11. The number of likely N-dealkylation sites (N-methyl/N-ethyl adjacent to an activating group) is 1. The number of nitrogens with zero attached hydrogens (tertiary/aromatic N) is 3. The Kier molecular flexibility index (Phi) is 6.93. The highest BCUT2D eigenvalue weighted by Crippen LogP contribution is 2.34. The molecule has 0 aromatic heterocycles. The lowest BCUT2D eigenvalue weighted by atomic mass is 10.2. The minimum Gasteiger partial charge on any atom is -0.493 e. The summed E-state index contributed by atoms with van der Waals surface area (Å²) in [6.45, 7) is 6.77. The van der Waals surface area contributed by atoms with Crippen molar-refractivity contribution in [2.45, 2.75) is 19.8 Å². The van der Waals surface area contributed by atoms with Crippen LogP contribution in [-0.2, 0) is 4.79 Å². The highest BCUT2D eigenvalue weighted by atomic mass is 32.2. The third-order valence-electron chi connectivity index (χ3n) is 4.77. The molecule has 1 aromatic rings. The lowest BCUT2D eigenvalue weighted by Gasteiger charge is -2.33. The van der Waals surface area contributed by atoms with E-state index in [4.69, 9.17) is 4.74 Å². The van der Waals surface area contributed by atoms with Crippen LogP contribution < -0.4 is 4.74 Å². The molecule has 2 saturated heterocycles. The van der Waals surface area contributed by atoms with E-state index in [0.717, 1.165) is 62.1 Å². The monoisotopic (exact) mass is 389 g/mol. The Balaban J connectivity index is 1.69. The molecule has 27 heavy (non-hydrogen) atoms. The summed E-state index contributed by atoms with van der Waals surface area (Å²) in [4.78, 5) is 31.4. The topological polar surface area (TPSA) is 53.1 Å². The van der Waals surface area contributed by atoms with Crippen LogP contribution in [0.4, 0.5) is 4.79 Å². The van der Waals surface area contributed by atoms with Crippen LogP contribution in [0.5, 0.6) is 5.75 Å². The molecule has 3 rings (SSSR count). The van der Waals surface area contributed by atoms with Crippen LogP contribution in [0.2, 0.25) is 0 Å². The molecular weight excluding hydrogens is 362 g/mol. The van der Waals surface area contributed by atoms with Crippen LogP contribution in [0.1, 0.15) is 25.3 Å². The number of rotatable bonds is 7. The number of unbranched alkanes of at least 4 members (excludes halogenated alkanes) is 1. The van der Waals surface area contributed by atoms with Gasteiger partial charge in [-0.15, -0.1) is 0 Å². The van der Waals surface area contributed by atoms with Crippen LogP contribution in [0.25, 0.3) is 6.08 Å². The molecule has 0 saturated carbocycles. The van der Waals surface area contributed by atoms with Gasteiger partial charge in [-0.05, 0) is 37.4 Å². The Morgan fingerprint density at radius 1 is 1.15 bits per heavy atom. The maximum atomic E-state index is 12.8. The van der Waals surface area contributed by atoms with E-state index >= 15 is 0 Å². The van der Waals surface area contributed by atoms with Crippen molar-refractivity contribution in [2.24, 2.45) is 0 Å². The molecule has 0 spiro atoms. The Morgan fingerprint density at radius 3 is 2.63 bits per heavy atom. The van der Waals surface area contributed by atoms with Gasteiger partial charge in [0.1, 0.15) is 5.75 Å². The summed E-state index contributed by atoms with van der Waals surface area (Å²) >= 11 is 1.01. The SMILES string of the molecule is CCCCOc1ccccc1/C=C1/SC(=O)N(CN2CCN(C)CC2)C1=O. The van der Waals surface area contributed by atoms with Gasteiger partial charge in [-0.3, -0.25) is 19.4 Å². The van der Waals surface area contributed by atoms with Gasteiger partial charge in [0.05, 0.1) is 18.2 Å². The van der Waals surface area contributed by atoms with Crippen LogP contribution in [0, 0.1) is 0 Å². The van der Waals surface area contributed by atoms with E-state index in [1.54, 1.807) is 6.08 Å². The number of hydrogen-bond acceptors (Lipinski definition) is 6. The first-order valence-electron chi connectivity index (χ1n) is 9.46. The molecule has 2 aliphatic rings. The lowest BCUT2D eigenvalue weighted by Crippen LogP contribution is -2.49. The van der Waals surface area contributed by atoms with Crippen LogP contribution >= 0.6 is 11.8 Å². The van der Waals surface area contributed by atoms with Crippen molar-refractivity contribution in [3.63, 3.8) is 0 Å². The zero-order valence-electron chi connectivity index (χ0n) is 16.0. The third-order valence-corrected chi connectivity index (χ3v) is 5.68. The fourth-order valence-corrected chi connectivity index (χ4v) is 3.83. The summed E-state index contributed by atoms with van der Waals surface area (Å²) in [5.41, 5.74) is 0.832. The number of para-hydroxylation sites is 1. The van der Waals surface area contributed by atoms with Gasteiger partial charge in [-0.25, -0.2) is 0 Å². The van der Waals surface area contributed by atoms with Gasteiger partial charge < -0.3 is 9.64 Å². The summed E-state index contributed by atoms with van der Waals surface area (Å²) in [6.07, 6.45) is 3.82. The van der Waals surface area contributed by atoms with Crippen LogP contribution in [0.3, 0.4) is 0 Å². The van der Waals surface area contributed by atoms with Crippen molar-refractivity contribution < 1.29 is 14.3 Å². The number of carbonyl (C=O) groups excluding carboxylic acids is 2. The molecule has 7 heteroatoms. The Hall–Kier alpha value is -1.83. The van der Waals surface area contributed by atoms with Crippen molar-refractivity contribution in [1.82, 2.24) is 14.7 Å². The fraction of sp³-hybridized carbons (Fsp3) is 0.500. The average Bonchev–Trinajstić information content (AvgIpc) is 2.92. The Labute approximate surface area is 165 Å². The van der Waals surface area contributed by atoms with Gasteiger partial charge in [0, 0.05) is 31.7 Å². The van der Waals surface area contributed by atoms with E-state index in [2.05, 4.69) is 23.8 Å². The third kappa shape index (κ3) is 5.12. The van der Waals surface area contributed by atoms with Crippen LogP contribution in [0.15, 0.2) is 29.2 Å². The lowest BCUT2D eigenvalue weighted by molar-refractivity contribution is -0.124. The zero-order valence-corrected chi connectivity index (χ0v) is 16.8. The van der Waals surface area contributed by atoms with Gasteiger partial charge in [0.25, 0.3) is 11.1 Å². The van der Waals surface area contributed by atoms with Crippen molar-refractivity contribution in [1.29, 1.82) is 0 Å². The first-order valence-corrected chi connectivity index (χ1v) is 10.3. The number of hydrogen-bond donors (Lipinski definition) is 0. The molecule has 2 fully saturated rings. The number of thioether (sulfide) groups is 1. The summed E-state index contributed by atoms with van der Waals surface area (Å²) in [5.74, 6) is 0.532. The molecule has 0 N–H and O–H groups in total. The maximum absolute atomic E-state index is 12.8. The zero-order chi connectivity index (χ0) is 19.2. The summed E-state index contributed by atoms with van der Waals surface area (Å²) < 4.78 is 5.83. The number of imide groups is 1. The Bertz CT molecular complexity index is 714. The number of ether oxygens (including phenoxy) is 1. The number of benzene rings is 1. The molecule has 2 heterocycles. The Morgan fingerprint density at radius 2 is 1.89 bits per heavy atom. The fourth-order valence-electron chi connectivity index (χ4n) is 3.01. The van der Waals surface area contributed by atoms with Crippen molar-refractivity contribution in [2.75, 3.05) is 46.5 Å². The van der Waals surface area contributed by atoms with E-state index in [-0.39, 0.29) is 11.1 Å². The molecular formula is C20H27N3O3S. The highest BCUT2D eigenvalue weighted by molar-refractivity contribution is 8.18. The second kappa shape index (κ2) is 9.39. The van der Waals surface area contributed by atoms with Crippen molar-refractivity contribution >= 4 is 29.0 Å². The first-order chi connectivity index (χ1) is 13.1. The van der Waals surface area contributed by atoms with Gasteiger partial charge in [0.2, 0.25) is 0 Å². The van der Waals surface area contributed by atoms with E-state index in [0.29, 0.717) is 18.2 Å². The second-order valence-electron chi connectivity index (χ2n) is 6.91.